The molecule has 96 valence electrons. The van der Waals surface area contributed by atoms with Crippen molar-refractivity contribution in [3.63, 3.8) is 0 Å². The van der Waals surface area contributed by atoms with Crippen molar-refractivity contribution in [1.82, 2.24) is 4.98 Å². The van der Waals surface area contributed by atoms with Gasteiger partial charge in [-0.3, -0.25) is 0 Å². The molecule has 0 bridgehead atoms. The minimum atomic E-state index is -0.368. The van der Waals surface area contributed by atoms with E-state index in [0.717, 1.165) is 5.01 Å². The van der Waals surface area contributed by atoms with Gasteiger partial charge in [0.1, 0.15) is 0 Å². The normalized spacial score (nSPS) is 12.7. The van der Waals surface area contributed by atoms with Gasteiger partial charge in [0.05, 0.1) is 11.1 Å². The Morgan fingerprint density at radius 1 is 1.05 bits per heavy atom. The van der Waals surface area contributed by atoms with Crippen molar-refractivity contribution in [2.45, 2.75) is 18.9 Å². The average Bonchev–Trinajstić information content (AvgIpc) is 2.91. The number of hydrogen-bond acceptors (Lipinski definition) is 3. The summed E-state index contributed by atoms with van der Waals surface area (Å²) in [5, 5.41) is 15.5. The van der Waals surface area contributed by atoms with Gasteiger partial charge in [-0.1, -0.05) is 42.5 Å². The van der Waals surface area contributed by atoms with Gasteiger partial charge in [-0.15, -0.1) is 11.3 Å². The van der Waals surface area contributed by atoms with Crippen molar-refractivity contribution in [3.05, 3.63) is 64.6 Å². The van der Waals surface area contributed by atoms with Crippen molar-refractivity contribution in [1.29, 1.82) is 0 Å². The van der Waals surface area contributed by atoms with Gasteiger partial charge in [0, 0.05) is 18.0 Å². The second kappa shape index (κ2) is 5.51. The van der Waals surface area contributed by atoms with Gasteiger partial charge in [-0.2, -0.15) is 0 Å². The number of benzene rings is 2. The summed E-state index contributed by atoms with van der Waals surface area (Å²) < 4.78 is 0. The van der Waals surface area contributed by atoms with Gasteiger partial charge in [0.2, 0.25) is 0 Å². The molecule has 2 aromatic carbocycles. The molecule has 1 N–H and O–H groups in total. The topological polar surface area (TPSA) is 33.1 Å². The highest BCUT2D eigenvalue weighted by molar-refractivity contribution is 7.09. The Morgan fingerprint density at radius 2 is 1.89 bits per heavy atom. The molecule has 1 aromatic heterocycles. The lowest BCUT2D eigenvalue weighted by atomic mass is 10.0. The van der Waals surface area contributed by atoms with Crippen molar-refractivity contribution in [2.24, 2.45) is 0 Å². The van der Waals surface area contributed by atoms with E-state index in [-0.39, 0.29) is 6.10 Å². The predicted octanol–water partition coefficient (Wildman–Crippen LogP) is 3.44. The first-order valence-electron chi connectivity index (χ1n) is 6.35. The van der Waals surface area contributed by atoms with Crippen molar-refractivity contribution >= 4 is 22.1 Å². The molecule has 0 saturated heterocycles. The first-order valence-corrected chi connectivity index (χ1v) is 7.23. The molecule has 1 heterocycles. The number of nitrogens with zero attached hydrogens (tertiary/aromatic N) is 1. The van der Waals surface area contributed by atoms with E-state index in [1.807, 2.05) is 17.5 Å². The van der Waals surface area contributed by atoms with E-state index in [4.69, 9.17) is 0 Å². The molecule has 1 unspecified atom stereocenters. The van der Waals surface area contributed by atoms with E-state index in [1.165, 1.54) is 16.3 Å². The molecule has 0 aliphatic heterocycles. The molecule has 0 aliphatic carbocycles. The molecule has 0 aliphatic rings. The zero-order chi connectivity index (χ0) is 13.1. The molecule has 0 fully saturated rings. The number of aromatic nitrogens is 1. The maximum absolute atomic E-state index is 10.1. The van der Waals surface area contributed by atoms with Gasteiger partial charge in [0.15, 0.2) is 0 Å². The third-order valence-corrected chi connectivity index (χ3v) is 3.98. The highest BCUT2D eigenvalue weighted by Gasteiger charge is 2.09. The number of hydrogen-bond donors (Lipinski definition) is 1. The smallest absolute Gasteiger partial charge is 0.0950 e. The van der Waals surface area contributed by atoms with Crippen LogP contribution in [0.1, 0.15) is 10.6 Å². The number of rotatable bonds is 4. The van der Waals surface area contributed by atoms with Crippen LogP contribution in [0.15, 0.2) is 54.0 Å². The summed E-state index contributed by atoms with van der Waals surface area (Å²) in [6.45, 7) is 0. The summed E-state index contributed by atoms with van der Waals surface area (Å²) in [7, 11) is 0. The van der Waals surface area contributed by atoms with E-state index in [2.05, 4.69) is 35.3 Å². The molecular formula is C16H15NOS. The van der Waals surface area contributed by atoms with Crippen LogP contribution in [0.25, 0.3) is 10.8 Å². The minimum absolute atomic E-state index is 0.368. The van der Waals surface area contributed by atoms with Crippen LogP contribution in [0.5, 0.6) is 0 Å². The van der Waals surface area contributed by atoms with Gasteiger partial charge in [-0.05, 0) is 22.8 Å². The highest BCUT2D eigenvalue weighted by atomic mass is 32.1. The zero-order valence-electron chi connectivity index (χ0n) is 10.5. The van der Waals surface area contributed by atoms with Gasteiger partial charge >= 0.3 is 0 Å². The van der Waals surface area contributed by atoms with Gasteiger partial charge in [-0.25, -0.2) is 4.98 Å². The molecule has 3 aromatic rings. The van der Waals surface area contributed by atoms with Gasteiger partial charge < -0.3 is 5.11 Å². The van der Waals surface area contributed by atoms with Gasteiger partial charge in [0.25, 0.3) is 0 Å². The standard InChI is InChI=1S/C16H15NOS/c18-15(11-16-17-7-8-19-16)10-12-5-6-13-3-1-2-4-14(13)9-12/h1-9,15,18H,10-11H2. The number of fused-ring (bicyclic) bond motifs is 1. The molecule has 2 nitrogen and oxygen atoms in total. The Bertz CT molecular complexity index is 663. The minimum Gasteiger partial charge on any atom is -0.392 e. The fourth-order valence-corrected chi connectivity index (χ4v) is 2.95. The van der Waals surface area contributed by atoms with Crippen molar-refractivity contribution in [3.8, 4) is 0 Å². The van der Waals surface area contributed by atoms with E-state index >= 15 is 0 Å². The largest absolute Gasteiger partial charge is 0.392 e. The molecule has 3 rings (SSSR count). The van der Waals surface area contributed by atoms with Crippen LogP contribution in [-0.4, -0.2) is 16.2 Å². The first-order chi connectivity index (χ1) is 9.31. The van der Waals surface area contributed by atoms with Crippen LogP contribution in [0.2, 0.25) is 0 Å². The monoisotopic (exact) mass is 269 g/mol. The molecule has 0 amide bonds. The Labute approximate surface area is 116 Å². The lowest BCUT2D eigenvalue weighted by Crippen LogP contribution is -2.13. The summed E-state index contributed by atoms with van der Waals surface area (Å²) >= 11 is 1.59. The second-order valence-corrected chi connectivity index (χ2v) is 5.65. The molecule has 19 heavy (non-hydrogen) atoms. The number of aliphatic hydroxyl groups excluding tert-OH is 1. The molecule has 0 radical (unpaired) electrons. The maximum atomic E-state index is 10.1. The number of aliphatic hydroxyl groups is 1. The van der Waals surface area contributed by atoms with Crippen molar-refractivity contribution < 1.29 is 5.11 Å². The van der Waals surface area contributed by atoms with E-state index in [9.17, 15) is 5.11 Å². The van der Waals surface area contributed by atoms with Crippen LogP contribution in [0.3, 0.4) is 0 Å². The van der Waals surface area contributed by atoms with Crippen LogP contribution in [0.4, 0.5) is 0 Å². The third kappa shape index (κ3) is 3.00. The Morgan fingerprint density at radius 3 is 2.68 bits per heavy atom. The Balaban J connectivity index is 1.73. The third-order valence-electron chi connectivity index (χ3n) is 3.18. The predicted molar refractivity (Wildman–Crippen MR) is 79.5 cm³/mol. The molecule has 0 spiro atoms. The molecule has 1 atom stereocenters. The summed E-state index contributed by atoms with van der Waals surface area (Å²) in [5.41, 5.74) is 1.17. The fourth-order valence-electron chi connectivity index (χ4n) is 2.27. The SMILES string of the molecule is OC(Cc1ccc2ccccc2c1)Cc1nccs1. The van der Waals surface area contributed by atoms with Crippen LogP contribution in [0, 0.1) is 0 Å². The zero-order valence-corrected chi connectivity index (χ0v) is 11.3. The summed E-state index contributed by atoms with van der Waals surface area (Å²) in [6.07, 6.45) is 2.71. The van der Waals surface area contributed by atoms with E-state index < -0.39 is 0 Å². The summed E-state index contributed by atoms with van der Waals surface area (Å²) in [6, 6.07) is 14.6. The van der Waals surface area contributed by atoms with Crippen molar-refractivity contribution in [2.75, 3.05) is 0 Å². The van der Waals surface area contributed by atoms with Crippen LogP contribution in [-0.2, 0) is 12.8 Å². The summed E-state index contributed by atoms with van der Waals surface area (Å²) in [5.74, 6) is 0. The average molecular weight is 269 g/mol. The maximum Gasteiger partial charge on any atom is 0.0950 e. The lowest BCUT2D eigenvalue weighted by molar-refractivity contribution is 0.175. The van der Waals surface area contributed by atoms with Crippen LogP contribution >= 0.6 is 11.3 Å². The molecular weight excluding hydrogens is 254 g/mol. The first kappa shape index (κ1) is 12.3. The van der Waals surface area contributed by atoms with Crippen LogP contribution < -0.4 is 0 Å². The fraction of sp³-hybridized carbons (Fsp3) is 0.188. The quantitative estimate of drug-likeness (QED) is 0.787. The second-order valence-electron chi connectivity index (χ2n) is 4.67. The van der Waals surface area contributed by atoms with E-state index in [1.54, 1.807) is 17.5 Å². The molecule has 0 saturated carbocycles. The lowest BCUT2D eigenvalue weighted by Gasteiger charge is -2.09. The highest BCUT2D eigenvalue weighted by Crippen LogP contribution is 2.18. The Hall–Kier alpha value is -1.71. The molecule has 3 heteroatoms. The number of thiazole rings is 1. The van der Waals surface area contributed by atoms with E-state index in [0.29, 0.717) is 12.8 Å². The summed E-state index contributed by atoms with van der Waals surface area (Å²) in [4.78, 5) is 4.21. The Kier molecular flexibility index (Phi) is 3.58.